The van der Waals surface area contributed by atoms with Crippen molar-refractivity contribution in [2.45, 2.75) is 6.10 Å². The summed E-state index contributed by atoms with van der Waals surface area (Å²) in [7, 11) is 1.17. The Morgan fingerprint density at radius 2 is 1.85 bits per heavy atom. The van der Waals surface area contributed by atoms with E-state index in [1.807, 2.05) is 0 Å². The Kier molecular flexibility index (Phi) is 6.68. The number of carbonyl (C=O) groups is 3. The summed E-state index contributed by atoms with van der Waals surface area (Å²) in [4.78, 5) is 35.1. The highest BCUT2D eigenvalue weighted by Crippen LogP contribution is 2.01. The van der Waals surface area contributed by atoms with E-state index < -0.39 is 30.6 Å². The molecule has 0 aromatic carbocycles. The van der Waals surface area contributed by atoms with Crippen molar-refractivity contribution in [3.05, 3.63) is 12.2 Å². The van der Waals surface area contributed by atoms with Crippen LogP contribution in [0.3, 0.4) is 0 Å². The van der Waals surface area contributed by atoms with Gasteiger partial charge in [-0.25, -0.2) is 9.59 Å². The molecule has 0 saturated carbocycles. The number of methoxy groups -OCH3 is 1. The third-order valence-electron chi connectivity index (χ3n) is 2.55. The Morgan fingerprint density at radius 3 is 2.45 bits per heavy atom. The van der Waals surface area contributed by atoms with Gasteiger partial charge in [0.25, 0.3) is 5.91 Å². The molecule has 1 N–H and O–H groups in total. The predicted molar refractivity (Wildman–Crippen MR) is 65.5 cm³/mol. The van der Waals surface area contributed by atoms with Crippen molar-refractivity contribution in [3.63, 3.8) is 0 Å². The van der Waals surface area contributed by atoms with Crippen molar-refractivity contribution in [2.24, 2.45) is 0 Å². The molecule has 1 saturated heterocycles. The largest absolute Gasteiger partial charge is 0.466 e. The van der Waals surface area contributed by atoms with Crippen LogP contribution in [-0.4, -0.2) is 74.0 Å². The molecule has 112 valence electrons. The molecule has 0 aromatic heterocycles. The smallest absolute Gasteiger partial charge is 0.331 e. The zero-order valence-corrected chi connectivity index (χ0v) is 11.1. The fraction of sp³-hybridized carbons (Fsp3) is 0.583. The van der Waals surface area contributed by atoms with Gasteiger partial charge in [-0.05, 0) is 0 Å². The van der Waals surface area contributed by atoms with Gasteiger partial charge >= 0.3 is 11.9 Å². The lowest BCUT2D eigenvalue weighted by Gasteiger charge is -2.28. The van der Waals surface area contributed by atoms with Crippen LogP contribution >= 0.6 is 0 Å². The Morgan fingerprint density at radius 1 is 1.25 bits per heavy atom. The van der Waals surface area contributed by atoms with Gasteiger partial charge in [0.1, 0.15) is 6.61 Å². The Balaban J connectivity index is 2.32. The van der Waals surface area contributed by atoms with E-state index in [0.29, 0.717) is 26.3 Å². The van der Waals surface area contributed by atoms with Crippen molar-refractivity contribution in [1.82, 2.24) is 4.90 Å². The van der Waals surface area contributed by atoms with Crippen LogP contribution in [0.5, 0.6) is 0 Å². The average molecular weight is 287 g/mol. The molecular formula is C12H17NO7. The van der Waals surface area contributed by atoms with E-state index in [0.717, 1.165) is 12.2 Å². The van der Waals surface area contributed by atoms with Gasteiger partial charge in [0, 0.05) is 25.2 Å². The number of aliphatic hydroxyl groups is 1. The van der Waals surface area contributed by atoms with E-state index in [-0.39, 0.29) is 0 Å². The lowest BCUT2D eigenvalue weighted by Crippen LogP contribution is -2.47. The van der Waals surface area contributed by atoms with Gasteiger partial charge in [-0.15, -0.1) is 0 Å². The molecule has 8 heteroatoms. The van der Waals surface area contributed by atoms with Crippen LogP contribution in [0.25, 0.3) is 0 Å². The monoisotopic (exact) mass is 287 g/mol. The number of morpholine rings is 1. The maximum atomic E-state index is 11.8. The molecular weight excluding hydrogens is 270 g/mol. The number of rotatable bonds is 5. The molecule has 1 fully saturated rings. The van der Waals surface area contributed by atoms with Crippen LogP contribution in [0.1, 0.15) is 0 Å². The minimum atomic E-state index is -1.43. The molecule has 8 nitrogen and oxygen atoms in total. The lowest BCUT2D eigenvalue weighted by atomic mass is 10.3. The Bertz CT molecular complexity index is 387. The van der Waals surface area contributed by atoms with Crippen LogP contribution in [0.15, 0.2) is 12.2 Å². The second kappa shape index (κ2) is 8.28. The summed E-state index contributed by atoms with van der Waals surface area (Å²) >= 11 is 0. The minimum Gasteiger partial charge on any atom is -0.466 e. The minimum absolute atomic E-state index is 0.395. The number of carbonyl (C=O) groups excluding carboxylic acids is 3. The van der Waals surface area contributed by atoms with Crippen molar-refractivity contribution in [2.75, 3.05) is 40.0 Å². The van der Waals surface area contributed by atoms with E-state index in [9.17, 15) is 19.5 Å². The van der Waals surface area contributed by atoms with Crippen LogP contribution in [-0.2, 0) is 28.6 Å². The summed E-state index contributed by atoms with van der Waals surface area (Å²) in [6.07, 6.45) is 0.319. The summed E-state index contributed by atoms with van der Waals surface area (Å²) in [5, 5.41) is 9.62. The number of hydrogen-bond acceptors (Lipinski definition) is 7. The molecule has 0 radical (unpaired) electrons. The van der Waals surface area contributed by atoms with E-state index in [1.54, 1.807) is 0 Å². The van der Waals surface area contributed by atoms with Gasteiger partial charge in [-0.1, -0.05) is 0 Å². The van der Waals surface area contributed by atoms with Crippen molar-refractivity contribution < 1.29 is 33.7 Å². The maximum Gasteiger partial charge on any atom is 0.331 e. The molecule has 0 bridgehead atoms. The average Bonchev–Trinajstić information content (AvgIpc) is 2.50. The fourth-order valence-corrected chi connectivity index (χ4v) is 1.48. The Hall–Kier alpha value is -1.93. The standard InChI is InChI=1S/C12H17NO7/c1-18-10(15)2-3-11(16)20-8-9(14)12(17)13-4-6-19-7-5-13/h2-3,9,14H,4-8H2,1H3/b3-2+/t9-/m1/s1. The number of aliphatic hydroxyl groups excluding tert-OH is 1. The lowest BCUT2D eigenvalue weighted by molar-refractivity contribution is -0.152. The van der Waals surface area contributed by atoms with Gasteiger partial charge in [0.05, 0.1) is 20.3 Å². The highest BCUT2D eigenvalue weighted by atomic mass is 16.5. The van der Waals surface area contributed by atoms with E-state index in [1.165, 1.54) is 12.0 Å². The van der Waals surface area contributed by atoms with E-state index in [2.05, 4.69) is 9.47 Å². The highest BCUT2D eigenvalue weighted by Gasteiger charge is 2.24. The van der Waals surface area contributed by atoms with Crippen molar-refractivity contribution in [1.29, 1.82) is 0 Å². The van der Waals surface area contributed by atoms with Crippen LogP contribution in [0.2, 0.25) is 0 Å². The predicted octanol–water partition coefficient (Wildman–Crippen LogP) is -1.52. The first-order valence-electron chi connectivity index (χ1n) is 6.02. The molecule has 0 aromatic rings. The zero-order chi connectivity index (χ0) is 15.0. The SMILES string of the molecule is COC(=O)/C=C/C(=O)OC[C@@H](O)C(=O)N1CCOCC1. The molecule has 1 amide bonds. The van der Waals surface area contributed by atoms with Crippen LogP contribution < -0.4 is 0 Å². The normalized spacial score (nSPS) is 16.8. The van der Waals surface area contributed by atoms with Crippen molar-refractivity contribution >= 4 is 17.8 Å². The zero-order valence-electron chi connectivity index (χ0n) is 11.1. The number of esters is 2. The van der Waals surface area contributed by atoms with Gasteiger partial charge in [-0.2, -0.15) is 0 Å². The first-order chi connectivity index (χ1) is 9.54. The highest BCUT2D eigenvalue weighted by molar-refractivity contribution is 5.91. The second-order valence-electron chi connectivity index (χ2n) is 3.94. The number of ether oxygens (including phenoxy) is 3. The first-order valence-corrected chi connectivity index (χ1v) is 6.02. The third-order valence-corrected chi connectivity index (χ3v) is 2.55. The second-order valence-corrected chi connectivity index (χ2v) is 3.94. The summed E-state index contributed by atoms with van der Waals surface area (Å²) < 4.78 is 14.0. The molecule has 1 heterocycles. The molecule has 0 aliphatic carbocycles. The maximum absolute atomic E-state index is 11.8. The first kappa shape index (κ1) is 16.1. The quantitative estimate of drug-likeness (QED) is 0.484. The molecule has 1 rings (SSSR count). The summed E-state index contributed by atoms with van der Waals surface area (Å²) in [5.74, 6) is -2.06. The van der Waals surface area contributed by atoms with E-state index >= 15 is 0 Å². The van der Waals surface area contributed by atoms with Gasteiger partial charge in [-0.3, -0.25) is 4.79 Å². The van der Waals surface area contributed by atoms with Gasteiger partial charge in [0.15, 0.2) is 6.10 Å². The van der Waals surface area contributed by atoms with Crippen LogP contribution in [0, 0.1) is 0 Å². The summed E-state index contributed by atoms with van der Waals surface area (Å²) in [5.41, 5.74) is 0. The van der Waals surface area contributed by atoms with Gasteiger partial charge in [0.2, 0.25) is 0 Å². The van der Waals surface area contributed by atoms with Crippen LogP contribution in [0.4, 0.5) is 0 Å². The summed E-state index contributed by atoms with van der Waals surface area (Å²) in [6, 6.07) is 0. The number of amides is 1. The Labute approximate surface area is 115 Å². The third kappa shape index (κ3) is 5.37. The molecule has 1 aliphatic heterocycles. The van der Waals surface area contributed by atoms with Gasteiger partial charge < -0.3 is 24.2 Å². The number of hydrogen-bond donors (Lipinski definition) is 1. The molecule has 1 atom stereocenters. The topological polar surface area (TPSA) is 102 Å². The molecule has 20 heavy (non-hydrogen) atoms. The molecule has 1 aliphatic rings. The van der Waals surface area contributed by atoms with E-state index in [4.69, 9.17) is 4.74 Å². The van der Waals surface area contributed by atoms with Crippen molar-refractivity contribution in [3.8, 4) is 0 Å². The summed E-state index contributed by atoms with van der Waals surface area (Å²) in [6.45, 7) is 1.15. The fourth-order valence-electron chi connectivity index (χ4n) is 1.48. The molecule has 0 unspecified atom stereocenters. The molecule has 0 spiro atoms. The number of nitrogens with zero attached hydrogens (tertiary/aromatic N) is 1.